The van der Waals surface area contributed by atoms with Crippen LogP contribution in [0.3, 0.4) is 0 Å². The van der Waals surface area contributed by atoms with Crippen molar-refractivity contribution in [2.24, 2.45) is 0 Å². The SMILES string of the molecule is O=c1[nH]c2ccc(OCCNC3CCC(c4ccccc4)CC3)cc2[nH]1.O=c1[nH]c2ccc(OCCNC3CCC(c4ccccc4)CC3)cc2[nH]1. The van der Waals surface area contributed by atoms with Crippen LogP contribution in [0.25, 0.3) is 22.1 Å². The fourth-order valence-electron chi connectivity index (χ4n) is 7.78. The summed E-state index contributed by atoms with van der Waals surface area (Å²) in [6.45, 7) is 2.92. The van der Waals surface area contributed by atoms with Crippen LogP contribution < -0.4 is 31.5 Å². The molecular weight excluding hydrogens is 652 g/mol. The maximum absolute atomic E-state index is 11.3. The van der Waals surface area contributed by atoms with Crippen LogP contribution in [0.2, 0.25) is 0 Å². The van der Waals surface area contributed by atoms with Crippen LogP contribution >= 0.6 is 0 Å². The molecule has 0 amide bonds. The van der Waals surface area contributed by atoms with E-state index in [4.69, 9.17) is 9.47 Å². The lowest BCUT2D eigenvalue weighted by molar-refractivity contribution is 0.283. The van der Waals surface area contributed by atoms with Gasteiger partial charge in [-0.1, -0.05) is 60.7 Å². The molecule has 6 aromatic rings. The summed E-state index contributed by atoms with van der Waals surface area (Å²) in [5, 5.41) is 7.23. The van der Waals surface area contributed by atoms with Gasteiger partial charge in [-0.2, -0.15) is 0 Å². The van der Waals surface area contributed by atoms with Gasteiger partial charge >= 0.3 is 11.4 Å². The number of hydrogen-bond acceptors (Lipinski definition) is 6. The van der Waals surface area contributed by atoms with Gasteiger partial charge in [0.25, 0.3) is 0 Å². The minimum Gasteiger partial charge on any atom is -0.492 e. The van der Waals surface area contributed by atoms with Gasteiger partial charge in [-0.15, -0.1) is 0 Å². The van der Waals surface area contributed by atoms with Gasteiger partial charge in [0.05, 0.1) is 22.1 Å². The van der Waals surface area contributed by atoms with Crippen molar-refractivity contribution in [3.05, 3.63) is 129 Å². The van der Waals surface area contributed by atoms with E-state index in [1.807, 2.05) is 36.4 Å². The molecule has 8 rings (SSSR count). The molecule has 0 saturated heterocycles. The summed E-state index contributed by atoms with van der Waals surface area (Å²) < 4.78 is 11.6. The largest absolute Gasteiger partial charge is 0.492 e. The molecule has 0 radical (unpaired) electrons. The van der Waals surface area contributed by atoms with Crippen molar-refractivity contribution in [2.45, 2.75) is 75.3 Å². The number of benzene rings is 4. The topological polar surface area (TPSA) is 140 Å². The lowest BCUT2D eigenvalue weighted by Crippen LogP contribution is -2.35. The minimum absolute atomic E-state index is 0.190. The Balaban J connectivity index is 0.000000162. The molecule has 2 aliphatic carbocycles. The van der Waals surface area contributed by atoms with Crippen molar-refractivity contribution < 1.29 is 9.47 Å². The molecule has 0 bridgehead atoms. The van der Waals surface area contributed by atoms with E-state index in [1.54, 1.807) is 0 Å². The monoisotopic (exact) mass is 702 g/mol. The second-order valence-electron chi connectivity index (χ2n) is 14.1. The Hall–Kier alpha value is -5.06. The quantitative estimate of drug-likeness (QED) is 0.0753. The molecule has 272 valence electrons. The van der Waals surface area contributed by atoms with Gasteiger partial charge < -0.3 is 40.0 Å². The molecule has 6 N–H and O–H groups in total. The van der Waals surface area contributed by atoms with E-state index in [9.17, 15) is 9.59 Å². The predicted octanol–water partition coefficient (Wildman–Crippen LogP) is 7.10. The summed E-state index contributed by atoms with van der Waals surface area (Å²) in [7, 11) is 0. The smallest absolute Gasteiger partial charge is 0.323 e. The Morgan fingerprint density at radius 3 is 1.27 bits per heavy atom. The van der Waals surface area contributed by atoms with Crippen LogP contribution in [-0.4, -0.2) is 58.3 Å². The number of aromatic nitrogens is 4. The number of hydrogen-bond donors (Lipinski definition) is 6. The molecule has 0 unspecified atom stereocenters. The number of rotatable bonds is 12. The average Bonchev–Trinajstić information content (AvgIpc) is 3.76. The number of H-pyrrole nitrogens is 4. The average molecular weight is 703 g/mol. The number of aromatic amines is 4. The molecule has 2 aromatic heterocycles. The van der Waals surface area contributed by atoms with E-state index in [2.05, 4.69) is 91.2 Å². The standard InChI is InChI=1S/2C21H25N3O2/c2*25-21-23-19-11-10-18(14-20(19)24-21)26-13-12-22-17-8-6-16(7-9-17)15-4-2-1-3-5-15/h2*1-5,10-11,14,16-17,22H,6-9,12-13H2,(H2,23,24,25). The summed E-state index contributed by atoms with van der Waals surface area (Å²) in [6.07, 6.45) is 9.87. The minimum atomic E-state index is -0.190. The molecule has 2 saturated carbocycles. The molecule has 2 aliphatic rings. The first kappa shape index (κ1) is 35.3. The molecule has 0 spiro atoms. The number of fused-ring (bicyclic) bond motifs is 2. The molecule has 10 nitrogen and oxygen atoms in total. The second kappa shape index (κ2) is 17.4. The van der Waals surface area contributed by atoms with Crippen molar-refractivity contribution in [3.8, 4) is 11.5 Å². The highest BCUT2D eigenvalue weighted by Crippen LogP contribution is 2.33. The van der Waals surface area contributed by atoms with Gasteiger partial charge in [0.2, 0.25) is 0 Å². The van der Waals surface area contributed by atoms with E-state index in [0.29, 0.717) is 37.1 Å². The van der Waals surface area contributed by atoms with Gasteiger partial charge in [0.15, 0.2) is 0 Å². The Morgan fingerprint density at radius 1 is 0.481 bits per heavy atom. The highest BCUT2D eigenvalue weighted by Gasteiger charge is 2.23. The second-order valence-corrected chi connectivity index (χ2v) is 14.1. The first-order valence-corrected chi connectivity index (χ1v) is 18.8. The van der Waals surface area contributed by atoms with E-state index in [0.717, 1.165) is 46.7 Å². The van der Waals surface area contributed by atoms with Gasteiger partial charge in [0.1, 0.15) is 24.7 Å². The Bertz CT molecular complexity index is 1940. The van der Waals surface area contributed by atoms with Crippen LogP contribution in [0.1, 0.15) is 74.3 Å². The van der Waals surface area contributed by atoms with Gasteiger partial charge in [0, 0.05) is 37.3 Å². The lowest BCUT2D eigenvalue weighted by atomic mass is 9.82. The van der Waals surface area contributed by atoms with Crippen molar-refractivity contribution in [1.29, 1.82) is 0 Å². The first-order chi connectivity index (χ1) is 25.6. The van der Waals surface area contributed by atoms with Crippen LogP contribution in [0.4, 0.5) is 0 Å². The van der Waals surface area contributed by atoms with Crippen molar-refractivity contribution in [1.82, 2.24) is 30.6 Å². The third kappa shape index (κ3) is 9.63. The summed E-state index contributed by atoms with van der Waals surface area (Å²) in [5.74, 6) is 2.98. The summed E-state index contributed by atoms with van der Waals surface area (Å²) >= 11 is 0. The Kier molecular flexibility index (Phi) is 11.9. The molecule has 10 heteroatoms. The Labute approximate surface area is 303 Å². The molecular formula is C42H50N6O4. The number of nitrogens with one attached hydrogen (secondary N) is 6. The third-order valence-electron chi connectivity index (χ3n) is 10.6. The van der Waals surface area contributed by atoms with Gasteiger partial charge in [-0.3, -0.25) is 0 Å². The molecule has 52 heavy (non-hydrogen) atoms. The van der Waals surface area contributed by atoms with E-state index < -0.39 is 0 Å². The van der Waals surface area contributed by atoms with Gasteiger partial charge in [-0.05, 0) is 98.6 Å². The highest BCUT2D eigenvalue weighted by atomic mass is 16.5. The zero-order valence-corrected chi connectivity index (χ0v) is 29.7. The first-order valence-electron chi connectivity index (χ1n) is 18.8. The zero-order chi connectivity index (χ0) is 35.5. The number of imidazole rings is 2. The van der Waals surface area contributed by atoms with Crippen molar-refractivity contribution in [2.75, 3.05) is 26.3 Å². The van der Waals surface area contributed by atoms with Crippen molar-refractivity contribution in [3.63, 3.8) is 0 Å². The summed E-state index contributed by atoms with van der Waals surface area (Å²) in [6, 6.07) is 34.1. The van der Waals surface area contributed by atoms with Crippen LogP contribution in [-0.2, 0) is 0 Å². The van der Waals surface area contributed by atoms with E-state index in [1.165, 1.54) is 62.5 Å². The van der Waals surface area contributed by atoms with Crippen LogP contribution in [0, 0.1) is 0 Å². The zero-order valence-electron chi connectivity index (χ0n) is 29.7. The van der Waals surface area contributed by atoms with Gasteiger partial charge in [-0.25, -0.2) is 9.59 Å². The maximum Gasteiger partial charge on any atom is 0.323 e. The Morgan fingerprint density at radius 2 is 0.865 bits per heavy atom. The fraction of sp³-hybridized carbons (Fsp3) is 0.381. The molecule has 0 aliphatic heterocycles. The molecule has 0 atom stereocenters. The van der Waals surface area contributed by atoms with Crippen LogP contribution in [0.5, 0.6) is 11.5 Å². The normalized spacial score (nSPS) is 20.3. The van der Waals surface area contributed by atoms with Crippen molar-refractivity contribution >= 4 is 22.1 Å². The fourth-order valence-corrected chi connectivity index (χ4v) is 7.78. The third-order valence-corrected chi connectivity index (χ3v) is 10.6. The predicted molar refractivity (Wildman–Crippen MR) is 208 cm³/mol. The molecule has 2 heterocycles. The highest BCUT2D eigenvalue weighted by molar-refractivity contribution is 5.76. The summed E-state index contributed by atoms with van der Waals surface area (Å²) in [4.78, 5) is 33.5. The lowest BCUT2D eigenvalue weighted by Gasteiger charge is -2.29. The van der Waals surface area contributed by atoms with E-state index >= 15 is 0 Å². The molecule has 2 fully saturated rings. The maximum atomic E-state index is 11.3. The molecule has 4 aromatic carbocycles. The van der Waals surface area contributed by atoms with Crippen LogP contribution in [0.15, 0.2) is 107 Å². The summed E-state index contributed by atoms with van der Waals surface area (Å²) in [5.41, 5.74) is 5.74. The number of ether oxygens (including phenoxy) is 2. The van der Waals surface area contributed by atoms with E-state index in [-0.39, 0.29) is 11.4 Å².